The van der Waals surface area contributed by atoms with Gasteiger partial charge in [0.1, 0.15) is 0 Å². The van der Waals surface area contributed by atoms with Crippen molar-refractivity contribution in [3.63, 3.8) is 0 Å². The molecule has 0 aliphatic carbocycles. The molecule has 2 aromatic rings. The number of nitrogens with one attached hydrogen (secondary N) is 1. The number of hydrogen-bond acceptors (Lipinski definition) is 3. The van der Waals surface area contributed by atoms with E-state index in [0.717, 1.165) is 11.1 Å². The Kier molecular flexibility index (Phi) is 6.51. The first-order valence-corrected chi connectivity index (χ1v) is 7.94. The van der Waals surface area contributed by atoms with Crippen LogP contribution in [0.15, 0.2) is 54.6 Å². The Morgan fingerprint density at radius 1 is 1.04 bits per heavy atom. The molecule has 1 amide bonds. The van der Waals surface area contributed by atoms with Crippen molar-refractivity contribution >= 4 is 11.9 Å². The van der Waals surface area contributed by atoms with E-state index in [0.29, 0.717) is 19.6 Å². The zero-order valence-corrected chi connectivity index (χ0v) is 13.7. The summed E-state index contributed by atoms with van der Waals surface area (Å²) in [4.78, 5) is 25.1. The van der Waals surface area contributed by atoms with Crippen LogP contribution in [0.25, 0.3) is 0 Å². The summed E-state index contributed by atoms with van der Waals surface area (Å²) in [6.07, 6.45) is 0. The first-order chi connectivity index (χ1) is 11.6. The fourth-order valence-electron chi connectivity index (χ4n) is 2.42. The Bertz CT molecular complexity index is 686. The van der Waals surface area contributed by atoms with Crippen molar-refractivity contribution < 1.29 is 14.7 Å². The van der Waals surface area contributed by atoms with Crippen molar-refractivity contribution in [1.29, 1.82) is 0 Å². The molecule has 0 saturated carbocycles. The third kappa shape index (κ3) is 5.21. The Hall–Kier alpha value is -2.66. The molecule has 0 bridgehead atoms. The number of carbonyl (C=O) groups excluding carboxylic acids is 1. The number of amides is 1. The van der Waals surface area contributed by atoms with Gasteiger partial charge >= 0.3 is 5.97 Å². The maximum absolute atomic E-state index is 12.3. The zero-order chi connectivity index (χ0) is 17.4. The first-order valence-electron chi connectivity index (χ1n) is 7.94. The van der Waals surface area contributed by atoms with Gasteiger partial charge in [0.2, 0.25) is 5.91 Å². The van der Waals surface area contributed by atoms with Crippen molar-refractivity contribution in [2.24, 2.45) is 0 Å². The second-order valence-corrected chi connectivity index (χ2v) is 5.50. The highest BCUT2D eigenvalue weighted by Gasteiger charge is 2.11. The SMILES string of the molecule is CCN(Cc1ccccc1)C(=O)CNCc1cccc(C(=O)O)c1. The van der Waals surface area contributed by atoms with E-state index in [1.165, 1.54) is 0 Å². The molecule has 2 rings (SSSR count). The lowest BCUT2D eigenvalue weighted by Crippen LogP contribution is -2.37. The highest BCUT2D eigenvalue weighted by Crippen LogP contribution is 2.06. The maximum atomic E-state index is 12.3. The quantitative estimate of drug-likeness (QED) is 0.782. The zero-order valence-electron chi connectivity index (χ0n) is 13.7. The highest BCUT2D eigenvalue weighted by molar-refractivity contribution is 5.87. The van der Waals surface area contributed by atoms with Crippen molar-refractivity contribution in [3.05, 3.63) is 71.3 Å². The summed E-state index contributed by atoms with van der Waals surface area (Å²) in [6, 6.07) is 16.6. The van der Waals surface area contributed by atoms with Gasteiger partial charge in [-0.3, -0.25) is 4.79 Å². The monoisotopic (exact) mass is 326 g/mol. The maximum Gasteiger partial charge on any atom is 0.335 e. The van der Waals surface area contributed by atoms with Crippen molar-refractivity contribution in [3.8, 4) is 0 Å². The van der Waals surface area contributed by atoms with Crippen molar-refractivity contribution in [2.45, 2.75) is 20.0 Å². The number of hydrogen-bond donors (Lipinski definition) is 2. The smallest absolute Gasteiger partial charge is 0.335 e. The van der Waals surface area contributed by atoms with E-state index < -0.39 is 5.97 Å². The lowest BCUT2D eigenvalue weighted by molar-refractivity contribution is -0.130. The number of aromatic carboxylic acids is 1. The Labute approximate surface area is 141 Å². The van der Waals surface area contributed by atoms with Gasteiger partial charge in [0.25, 0.3) is 0 Å². The number of nitrogens with zero attached hydrogens (tertiary/aromatic N) is 1. The topological polar surface area (TPSA) is 69.6 Å². The first kappa shape index (κ1) is 17.7. The Balaban J connectivity index is 1.85. The van der Waals surface area contributed by atoms with Gasteiger partial charge in [0.15, 0.2) is 0 Å². The molecule has 0 atom stereocenters. The summed E-state index contributed by atoms with van der Waals surface area (Å²) >= 11 is 0. The Morgan fingerprint density at radius 3 is 2.42 bits per heavy atom. The number of likely N-dealkylation sites (N-methyl/N-ethyl adjacent to an activating group) is 1. The van der Waals surface area contributed by atoms with Gasteiger partial charge in [0.05, 0.1) is 12.1 Å². The normalized spacial score (nSPS) is 10.4. The van der Waals surface area contributed by atoms with Crippen LogP contribution < -0.4 is 5.32 Å². The summed E-state index contributed by atoms with van der Waals surface area (Å²) in [6.45, 7) is 3.86. The number of benzene rings is 2. The molecule has 0 radical (unpaired) electrons. The van der Waals surface area contributed by atoms with Crippen LogP contribution in [0.4, 0.5) is 0 Å². The number of carboxylic acids is 1. The van der Waals surface area contributed by atoms with Gasteiger partial charge in [-0.05, 0) is 30.2 Å². The van der Waals surface area contributed by atoms with Gasteiger partial charge in [0, 0.05) is 19.6 Å². The summed E-state index contributed by atoms with van der Waals surface area (Å²) in [5.41, 5.74) is 2.19. The molecule has 0 spiro atoms. The molecule has 0 fully saturated rings. The Morgan fingerprint density at radius 2 is 1.75 bits per heavy atom. The third-order valence-corrected chi connectivity index (χ3v) is 3.73. The van der Waals surface area contributed by atoms with Crippen LogP contribution >= 0.6 is 0 Å². The van der Waals surface area contributed by atoms with Crippen molar-refractivity contribution in [2.75, 3.05) is 13.1 Å². The van der Waals surface area contributed by atoms with Gasteiger partial charge in [-0.25, -0.2) is 4.79 Å². The van der Waals surface area contributed by atoms with E-state index in [2.05, 4.69) is 5.32 Å². The predicted octanol–water partition coefficient (Wildman–Crippen LogP) is 2.52. The molecule has 0 heterocycles. The number of rotatable bonds is 8. The van der Waals surface area contributed by atoms with Crippen LogP contribution in [0.2, 0.25) is 0 Å². The summed E-state index contributed by atoms with van der Waals surface area (Å²) in [7, 11) is 0. The van der Waals surface area contributed by atoms with Crippen LogP contribution in [0.3, 0.4) is 0 Å². The van der Waals surface area contributed by atoms with E-state index in [4.69, 9.17) is 5.11 Å². The highest BCUT2D eigenvalue weighted by atomic mass is 16.4. The van der Waals surface area contributed by atoms with E-state index in [1.54, 1.807) is 23.1 Å². The van der Waals surface area contributed by atoms with E-state index >= 15 is 0 Å². The minimum absolute atomic E-state index is 0.0238. The lowest BCUT2D eigenvalue weighted by Gasteiger charge is -2.21. The van der Waals surface area contributed by atoms with Crippen LogP contribution in [0.5, 0.6) is 0 Å². The molecule has 0 aliphatic rings. The predicted molar refractivity (Wildman–Crippen MR) is 92.6 cm³/mol. The third-order valence-electron chi connectivity index (χ3n) is 3.73. The van der Waals surface area contributed by atoms with Crippen LogP contribution in [-0.2, 0) is 17.9 Å². The second kappa shape index (κ2) is 8.84. The molecule has 2 N–H and O–H groups in total. The molecule has 126 valence electrons. The molecule has 5 nitrogen and oxygen atoms in total. The van der Waals surface area contributed by atoms with Crippen LogP contribution in [-0.4, -0.2) is 35.0 Å². The second-order valence-electron chi connectivity index (χ2n) is 5.50. The van der Waals surface area contributed by atoms with Gasteiger partial charge < -0.3 is 15.3 Å². The van der Waals surface area contributed by atoms with Gasteiger partial charge in [-0.1, -0.05) is 42.5 Å². The fraction of sp³-hybridized carbons (Fsp3) is 0.263. The average Bonchev–Trinajstić information content (AvgIpc) is 2.60. The molecule has 24 heavy (non-hydrogen) atoms. The van der Waals surface area contributed by atoms with E-state index in [9.17, 15) is 9.59 Å². The number of carboxylic acid groups (broad SMARTS) is 1. The summed E-state index contributed by atoms with van der Waals surface area (Å²) < 4.78 is 0. The molecule has 0 aromatic heterocycles. The average molecular weight is 326 g/mol. The summed E-state index contributed by atoms with van der Waals surface area (Å²) in [5, 5.41) is 12.1. The van der Waals surface area contributed by atoms with Gasteiger partial charge in [-0.2, -0.15) is 0 Å². The molecular formula is C19H22N2O3. The van der Waals surface area contributed by atoms with E-state index in [-0.39, 0.29) is 18.0 Å². The standard InChI is InChI=1S/C19H22N2O3/c1-2-21(14-15-7-4-3-5-8-15)18(22)13-20-12-16-9-6-10-17(11-16)19(23)24/h3-11,20H,2,12-14H2,1H3,(H,23,24). The largest absolute Gasteiger partial charge is 0.478 e. The molecule has 2 aromatic carbocycles. The number of carbonyl (C=O) groups is 2. The minimum Gasteiger partial charge on any atom is -0.478 e. The van der Waals surface area contributed by atoms with Gasteiger partial charge in [-0.15, -0.1) is 0 Å². The molecular weight excluding hydrogens is 304 g/mol. The fourth-order valence-corrected chi connectivity index (χ4v) is 2.42. The molecule has 0 unspecified atom stereocenters. The molecule has 0 aliphatic heterocycles. The lowest BCUT2D eigenvalue weighted by atomic mass is 10.1. The van der Waals surface area contributed by atoms with E-state index in [1.807, 2.05) is 43.3 Å². The van der Waals surface area contributed by atoms with Crippen LogP contribution in [0, 0.1) is 0 Å². The molecule has 0 saturated heterocycles. The minimum atomic E-state index is -0.951. The summed E-state index contributed by atoms with van der Waals surface area (Å²) in [5.74, 6) is -0.927. The van der Waals surface area contributed by atoms with Crippen LogP contribution in [0.1, 0.15) is 28.4 Å². The van der Waals surface area contributed by atoms with Crippen molar-refractivity contribution in [1.82, 2.24) is 10.2 Å². The molecule has 5 heteroatoms.